The van der Waals surface area contributed by atoms with E-state index in [9.17, 15) is 4.79 Å². The molecule has 1 aliphatic heterocycles. The molecule has 1 unspecified atom stereocenters. The summed E-state index contributed by atoms with van der Waals surface area (Å²) in [4.78, 5) is 21.8. The SMILES string of the molecule is Cc1cc(N2CC(CO)CC2=O)nc(C)n1. The van der Waals surface area contributed by atoms with E-state index < -0.39 is 0 Å². The Kier molecular flexibility index (Phi) is 2.87. The van der Waals surface area contributed by atoms with E-state index >= 15 is 0 Å². The monoisotopic (exact) mass is 221 g/mol. The number of amides is 1. The van der Waals surface area contributed by atoms with Crippen molar-refractivity contribution in [1.82, 2.24) is 9.97 Å². The van der Waals surface area contributed by atoms with Crippen LogP contribution in [-0.2, 0) is 4.79 Å². The maximum Gasteiger partial charge on any atom is 0.228 e. The van der Waals surface area contributed by atoms with Crippen LogP contribution in [0, 0.1) is 19.8 Å². The fourth-order valence-corrected chi connectivity index (χ4v) is 1.96. The number of carbonyl (C=O) groups excluding carboxylic acids is 1. The molecule has 1 aromatic heterocycles. The van der Waals surface area contributed by atoms with Crippen LogP contribution in [0.3, 0.4) is 0 Å². The lowest BCUT2D eigenvalue weighted by Gasteiger charge is -2.15. The van der Waals surface area contributed by atoms with Gasteiger partial charge in [-0.3, -0.25) is 9.69 Å². The number of hydrogen-bond donors (Lipinski definition) is 1. The predicted octanol–water partition coefficient (Wildman–Crippen LogP) is 0.439. The Morgan fingerprint density at radius 2 is 2.25 bits per heavy atom. The van der Waals surface area contributed by atoms with Crippen LogP contribution in [0.1, 0.15) is 17.9 Å². The van der Waals surface area contributed by atoms with Gasteiger partial charge in [-0.05, 0) is 13.8 Å². The van der Waals surface area contributed by atoms with Crippen molar-refractivity contribution in [1.29, 1.82) is 0 Å². The van der Waals surface area contributed by atoms with Crippen molar-refractivity contribution in [2.75, 3.05) is 18.1 Å². The van der Waals surface area contributed by atoms with E-state index in [1.54, 1.807) is 17.9 Å². The van der Waals surface area contributed by atoms with E-state index in [-0.39, 0.29) is 18.4 Å². The second-order valence-electron chi connectivity index (χ2n) is 4.17. The van der Waals surface area contributed by atoms with Crippen LogP contribution in [0.25, 0.3) is 0 Å². The van der Waals surface area contributed by atoms with Gasteiger partial charge in [-0.25, -0.2) is 9.97 Å². The lowest BCUT2D eigenvalue weighted by atomic mass is 10.1. The minimum atomic E-state index is 0.0246. The minimum absolute atomic E-state index is 0.0246. The van der Waals surface area contributed by atoms with Crippen LogP contribution in [0.15, 0.2) is 6.07 Å². The summed E-state index contributed by atoms with van der Waals surface area (Å²) in [5.74, 6) is 1.36. The predicted molar refractivity (Wildman–Crippen MR) is 59.1 cm³/mol. The maximum atomic E-state index is 11.7. The van der Waals surface area contributed by atoms with E-state index in [1.165, 1.54) is 0 Å². The largest absolute Gasteiger partial charge is 0.396 e. The van der Waals surface area contributed by atoms with Crippen molar-refractivity contribution in [3.63, 3.8) is 0 Å². The standard InChI is InChI=1S/C11H15N3O2/c1-7-3-10(13-8(2)12-7)14-5-9(6-15)4-11(14)16/h3,9,15H,4-6H2,1-2H3. The van der Waals surface area contributed by atoms with Crippen LogP contribution >= 0.6 is 0 Å². The third kappa shape index (κ3) is 2.04. The van der Waals surface area contributed by atoms with Crippen molar-refractivity contribution >= 4 is 11.7 Å². The molecule has 1 fully saturated rings. The summed E-state index contributed by atoms with van der Waals surface area (Å²) in [6.07, 6.45) is 0.401. The molecular formula is C11H15N3O2. The number of aromatic nitrogens is 2. The number of aliphatic hydroxyl groups excluding tert-OH is 1. The molecule has 0 saturated carbocycles. The van der Waals surface area contributed by atoms with Gasteiger partial charge in [-0.1, -0.05) is 0 Å². The molecule has 2 heterocycles. The van der Waals surface area contributed by atoms with Gasteiger partial charge in [-0.2, -0.15) is 0 Å². The molecule has 2 rings (SSSR count). The molecule has 1 saturated heterocycles. The second kappa shape index (κ2) is 4.17. The summed E-state index contributed by atoms with van der Waals surface area (Å²) >= 11 is 0. The highest BCUT2D eigenvalue weighted by atomic mass is 16.3. The molecule has 1 amide bonds. The molecule has 0 spiro atoms. The van der Waals surface area contributed by atoms with Gasteiger partial charge in [0.15, 0.2) is 0 Å². The molecular weight excluding hydrogens is 206 g/mol. The van der Waals surface area contributed by atoms with E-state index in [0.717, 1.165) is 5.69 Å². The molecule has 1 N–H and O–H groups in total. The summed E-state index contributed by atoms with van der Waals surface area (Å²) in [6, 6.07) is 1.80. The van der Waals surface area contributed by atoms with Gasteiger partial charge >= 0.3 is 0 Å². The molecule has 16 heavy (non-hydrogen) atoms. The molecule has 1 aliphatic rings. The molecule has 0 radical (unpaired) electrons. The quantitative estimate of drug-likeness (QED) is 0.787. The van der Waals surface area contributed by atoms with Crippen LogP contribution in [0.4, 0.5) is 5.82 Å². The first-order chi connectivity index (χ1) is 7.60. The molecule has 5 heteroatoms. The summed E-state index contributed by atoms with van der Waals surface area (Å²) in [6.45, 7) is 4.28. The van der Waals surface area contributed by atoms with Crippen molar-refractivity contribution in [3.8, 4) is 0 Å². The molecule has 86 valence electrons. The van der Waals surface area contributed by atoms with Crippen LogP contribution in [0.5, 0.6) is 0 Å². The lowest BCUT2D eigenvalue weighted by Crippen LogP contribution is -2.26. The van der Waals surface area contributed by atoms with Crippen molar-refractivity contribution < 1.29 is 9.90 Å². The molecule has 0 bridgehead atoms. The number of anilines is 1. The summed E-state index contributed by atoms with van der Waals surface area (Å²) in [7, 11) is 0. The average Bonchev–Trinajstić information content (AvgIpc) is 2.58. The fraction of sp³-hybridized carbons (Fsp3) is 0.545. The van der Waals surface area contributed by atoms with Crippen molar-refractivity contribution in [3.05, 3.63) is 17.6 Å². The summed E-state index contributed by atoms with van der Waals surface area (Å²) in [5, 5.41) is 9.05. The number of aryl methyl sites for hydroxylation is 2. The lowest BCUT2D eigenvalue weighted by molar-refractivity contribution is -0.117. The molecule has 0 aliphatic carbocycles. The zero-order chi connectivity index (χ0) is 11.7. The fourth-order valence-electron chi connectivity index (χ4n) is 1.96. The zero-order valence-electron chi connectivity index (χ0n) is 9.47. The number of aliphatic hydroxyl groups is 1. The van der Waals surface area contributed by atoms with Crippen molar-refractivity contribution in [2.45, 2.75) is 20.3 Å². The average molecular weight is 221 g/mol. The Bertz CT molecular complexity index is 399. The Morgan fingerprint density at radius 1 is 1.50 bits per heavy atom. The first-order valence-electron chi connectivity index (χ1n) is 5.33. The van der Waals surface area contributed by atoms with Gasteiger partial charge in [0.1, 0.15) is 11.6 Å². The first kappa shape index (κ1) is 11.0. The number of carbonyl (C=O) groups is 1. The van der Waals surface area contributed by atoms with E-state index in [4.69, 9.17) is 5.11 Å². The second-order valence-corrected chi connectivity index (χ2v) is 4.17. The maximum absolute atomic E-state index is 11.7. The number of rotatable bonds is 2. The molecule has 0 aromatic carbocycles. The highest BCUT2D eigenvalue weighted by molar-refractivity contribution is 5.94. The van der Waals surface area contributed by atoms with E-state index in [1.807, 2.05) is 6.92 Å². The Balaban J connectivity index is 2.27. The Hall–Kier alpha value is -1.49. The highest BCUT2D eigenvalue weighted by Gasteiger charge is 2.30. The number of hydrogen-bond acceptors (Lipinski definition) is 4. The van der Waals surface area contributed by atoms with Crippen molar-refractivity contribution in [2.24, 2.45) is 5.92 Å². The number of nitrogens with zero attached hydrogens (tertiary/aromatic N) is 3. The van der Waals surface area contributed by atoms with E-state index in [2.05, 4.69) is 9.97 Å². The van der Waals surface area contributed by atoms with Gasteiger partial charge < -0.3 is 5.11 Å². The van der Waals surface area contributed by atoms with Gasteiger partial charge in [0.25, 0.3) is 0 Å². The summed E-state index contributed by atoms with van der Waals surface area (Å²) < 4.78 is 0. The smallest absolute Gasteiger partial charge is 0.228 e. The third-order valence-corrected chi connectivity index (χ3v) is 2.69. The first-order valence-corrected chi connectivity index (χ1v) is 5.33. The Morgan fingerprint density at radius 3 is 2.81 bits per heavy atom. The Labute approximate surface area is 94.1 Å². The van der Waals surface area contributed by atoms with E-state index in [0.29, 0.717) is 24.6 Å². The van der Waals surface area contributed by atoms with Gasteiger partial charge in [0.2, 0.25) is 5.91 Å². The van der Waals surface area contributed by atoms with Gasteiger partial charge in [0.05, 0.1) is 0 Å². The topological polar surface area (TPSA) is 66.3 Å². The molecule has 1 atom stereocenters. The normalized spacial score (nSPS) is 20.6. The summed E-state index contributed by atoms with van der Waals surface area (Å²) in [5.41, 5.74) is 0.850. The third-order valence-electron chi connectivity index (χ3n) is 2.69. The van der Waals surface area contributed by atoms with Gasteiger partial charge in [-0.15, -0.1) is 0 Å². The van der Waals surface area contributed by atoms with Crippen LogP contribution < -0.4 is 4.90 Å². The van der Waals surface area contributed by atoms with Crippen LogP contribution in [0.2, 0.25) is 0 Å². The highest BCUT2D eigenvalue weighted by Crippen LogP contribution is 2.23. The minimum Gasteiger partial charge on any atom is -0.396 e. The van der Waals surface area contributed by atoms with Crippen LogP contribution in [-0.4, -0.2) is 34.1 Å². The molecule has 1 aromatic rings. The van der Waals surface area contributed by atoms with Gasteiger partial charge in [0, 0.05) is 37.3 Å². The zero-order valence-corrected chi connectivity index (χ0v) is 9.47. The molecule has 5 nitrogen and oxygen atoms in total.